The number of esters is 1. The number of thiazole rings is 1. The van der Waals surface area contributed by atoms with E-state index in [9.17, 15) is 24.1 Å². The van der Waals surface area contributed by atoms with Gasteiger partial charge in [-0.3, -0.25) is 20.2 Å². The summed E-state index contributed by atoms with van der Waals surface area (Å²) >= 11 is 1.07. The number of ether oxygens (including phenoxy) is 1. The Morgan fingerprint density at radius 2 is 2.07 bits per heavy atom. The minimum atomic E-state index is -0.882. The first kappa shape index (κ1) is 19.2. The Balaban J connectivity index is 1.62. The van der Waals surface area contributed by atoms with Crippen molar-refractivity contribution in [3.8, 4) is 0 Å². The van der Waals surface area contributed by atoms with Crippen molar-refractivity contribution in [1.82, 2.24) is 4.98 Å². The fourth-order valence-electron chi connectivity index (χ4n) is 2.34. The number of hydrogen-bond acceptors (Lipinski definition) is 8. The molecular formula is C17H13FN4O5S. The molecule has 0 aliphatic heterocycles. The number of benzene rings is 2. The highest BCUT2D eigenvalue weighted by atomic mass is 32.1. The average molecular weight is 404 g/mol. The monoisotopic (exact) mass is 404 g/mol. The van der Waals surface area contributed by atoms with Crippen LogP contribution in [0.5, 0.6) is 0 Å². The molecule has 2 aromatic carbocycles. The van der Waals surface area contributed by atoms with E-state index in [0.29, 0.717) is 10.2 Å². The first-order valence-corrected chi connectivity index (χ1v) is 8.68. The van der Waals surface area contributed by atoms with Gasteiger partial charge in [0.1, 0.15) is 11.5 Å². The quantitative estimate of drug-likeness (QED) is 0.367. The second-order valence-electron chi connectivity index (χ2n) is 5.49. The Morgan fingerprint density at radius 3 is 2.79 bits per heavy atom. The van der Waals surface area contributed by atoms with E-state index >= 15 is 0 Å². The van der Waals surface area contributed by atoms with E-state index in [0.717, 1.165) is 17.4 Å². The molecule has 0 radical (unpaired) electrons. The van der Waals surface area contributed by atoms with Gasteiger partial charge in [0, 0.05) is 13.1 Å². The molecule has 0 atom stereocenters. The number of rotatable bonds is 6. The Morgan fingerprint density at radius 1 is 1.29 bits per heavy atom. The Kier molecular flexibility index (Phi) is 5.45. The lowest BCUT2D eigenvalue weighted by molar-refractivity contribution is -0.384. The summed E-state index contributed by atoms with van der Waals surface area (Å²) in [5, 5.41) is 16.4. The van der Waals surface area contributed by atoms with Crippen molar-refractivity contribution in [3.63, 3.8) is 0 Å². The molecule has 0 unspecified atom stereocenters. The standard InChI is InChI=1S/C17H13FN4O5S/c1-19-11-4-2-9(6-13(11)22(25)26)16(24)27-8-15(23)21-17-20-12-5-3-10(18)7-14(12)28-17/h2-7,19H,8H2,1H3,(H,20,21,23). The Hall–Kier alpha value is -3.60. The molecule has 0 saturated heterocycles. The third-order valence-corrected chi connectivity index (χ3v) is 4.56. The van der Waals surface area contributed by atoms with Crippen LogP contribution in [0.2, 0.25) is 0 Å². The van der Waals surface area contributed by atoms with E-state index < -0.39 is 29.2 Å². The molecule has 1 heterocycles. The molecule has 11 heteroatoms. The normalized spacial score (nSPS) is 10.5. The summed E-state index contributed by atoms with van der Waals surface area (Å²) in [4.78, 5) is 38.5. The fraction of sp³-hybridized carbons (Fsp3) is 0.118. The molecule has 144 valence electrons. The molecule has 0 aliphatic carbocycles. The molecule has 9 nitrogen and oxygen atoms in total. The van der Waals surface area contributed by atoms with E-state index in [1.807, 2.05) is 0 Å². The lowest BCUT2D eigenvalue weighted by Crippen LogP contribution is -2.20. The van der Waals surface area contributed by atoms with Crippen LogP contribution in [0.15, 0.2) is 36.4 Å². The highest BCUT2D eigenvalue weighted by Gasteiger charge is 2.18. The largest absolute Gasteiger partial charge is 0.452 e. The third kappa shape index (κ3) is 4.20. The third-order valence-electron chi connectivity index (χ3n) is 3.63. The van der Waals surface area contributed by atoms with Gasteiger partial charge < -0.3 is 10.1 Å². The molecule has 28 heavy (non-hydrogen) atoms. The van der Waals surface area contributed by atoms with E-state index in [-0.39, 0.29) is 22.1 Å². The van der Waals surface area contributed by atoms with Crippen LogP contribution in [0.1, 0.15) is 10.4 Å². The number of amides is 1. The smallest absolute Gasteiger partial charge is 0.338 e. The number of fused-ring (bicyclic) bond motifs is 1. The predicted molar refractivity (Wildman–Crippen MR) is 101 cm³/mol. The zero-order chi connectivity index (χ0) is 20.3. The first-order chi connectivity index (χ1) is 13.4. The van der Waals surface area contributed by atoms with Crippen LogP contribution in [0.25, 0.3) is 10.2 Å². The van der Waals surface area contributed by atoms with Crippen molar-refractivity contribution in [2.24, 2.45) is 0 Å². The van der Waals surface area contributed by atoms with Crippen LogP contribution < -0.4 is 10.6 Å². The number of nitrogens with one attached hydrogen (secondary N) is 2. The van der Waals surface area contributed by atoms with Gasteiger partial charge in [-0.05, 0) is 30.3 Å². The van der Waals surface area contributed by atoms with Gasteiger partial charge in [-0.15, -0.1) is 0 Å². The SMILES string of the molecule is CNc1ccc(C(=O)OCC(=O)Nc2nc3ccc(F)cc3s2)cc1[N+](=O)[O-]. The minimum Gasteiger partial charge on any atom is -0.452 e. The van der Waals surface area contributed by atoms with Crippen LogP contribution >= 0.6 is 11.3 Å². The summed E-state index contributed by atoms with van der Waals surface area (Å²) in [6.07, 6.45) is 0. The zero-order valence-electron chi connectivity index (χ0n) is 14.4. The minimum absolute atomic E-state index is 0.0611. The number of hydrogen-bond donors (Lipinski definition) is 2. The van der Waals surface area contributed by atoms with Crippen molar-refractivity contribution in [3.05, 3.63) is 57.9 Å². The summed E-state index contributed by atoms with van der Waals surface area (Å²) in [6, 6.07) is 7.82. The molecule has 1 amide bonds. The number of halogens is 1. The van der Waals surface area contributed by atoms with Gasteiger partial charge in [-0.2, -0.15) is 0 Å². The number of carbonyl (C=O) groups is 2. The summed E-state index contributed by atoms with van der Waals surface area (Å²) in [5.74, 6) is -1.94. The molecule has 0 fully saturated rings. The highest BCUT2D eigenvalue weighted by molar-refractivity contribution is 7.22. The summed E-state index contributed by atoms with van der Waals surface area (Å²) in [6.45, 7) is -0.606. The van der Waals surface area contributed by atoms with Crippen molar-refractivity contribution in [1.29, 1.82) is 0 Å². The van der Waals surface area contributed by atoms with Gasteiger partial charge >= 0.3 is 5.97 Å². The van der Waals surface area contributed by atoms with E-state index in [1.165, 1.54) is 37.4 Å². The van der Waals surface area contributed by atoms with Gasteiger partial charge in [0.05, 0.1) is 20.7 Å². The molecule has 0 saturated carbocycles. The van der Waals surface area contributed by atoms with Gasteiger partial charge in [-0.1, -0.05) is 11.3 Å². The van der Waals surface area contributed by atoms with Crippen molar-refractivity contribution >= 4 is 49.9 Å². The van der Waals surface area contributed by atoms with Gasteiger partial charge in [0.2, 0.25) is 0 Å². The maximum absolute atomic E-state index is 13.2. The summed E-state index contributed by atoms with van der Waals surface area (Å²) < 4.78 is 18.6. The van der Waals surface area contributed by atoms with Gasteiger partial charge in [0.25, 0.3) is 11.6 Å². The average Bonchev–Trinajstić information content (AvgIpc) is 3.06. The van der Waals surface area contributed by atoms with E-state index in [2.05, 4.69) is 15.6 Å². The fourth-order valence-corrected chi connectivity index (χ4v) is 3.25. The Bertz CT molecular complexity index is 1080. The van der Waals surface area contributed by atoms with E-state index in [4.69, 9.17) is 4.74 Å². The maximum atomic E-state index is 13.2. The molecule has 2 N–H and O–H groups in total. The number of nitro benzene ring substituents is 1. The molecule has 0 spiro atoms. The van der Waals surface area contributed by atoms with Crippen LogP contribution in [-0.4, -0.2) is 35.4 Å². The Labute approximate surface area is 161 Å². The van der Waals surface area contributed by atoms with Crippen LogP contribution in [0.4, 0.5) is 20.9 Å². The number of anilines is 2. The number of aromatic nitrogens is 1. The zero-order valence-corrected chi connectivity index (χ0v) is 15.2. The highest BCUT2D eigenvalue weighted by Crippen LogP contribution is 2.27. The van der Waals surface area contributed by atoms with Crippen molar-refractivity contribution in [2.45, 2.75) is 0 Å². The van der Waals surface area contributed by atoms with Crippen molar-refractivity contribution < 1.29 is 23.6 Å². The van der Waals surface area contributed by atoms with Gasteiger partial charge in [-0.25, -0.2) is 14.2 Å². The summed E-state index contributed by atoms with van der Waals surface area (Å²) in [7, 11) is 1.51. The second-order valence-corrected chi connectivity index (χ2v) is 6.53. The number of nitrogens with zero attached hydrogens (tertiary/aromatic N) is 2. The lowest BCUT2D eigenvalue weighted by Gasteiger charge is -2.06. The number of carbonyl (C=O) groups excluding carboxylic acids is 2. The molecular weight excluding hydrogens is 391 g/mol. The van der Waals surface area contributed by atoms with Crippen LogP contribution in [0, 0.1) is 15.9 Å². The molecule has 1 aromatic heterocycles. The van der Waals surface area contributed by atoms with Crippen LogP contribution in [0.3, 0.4) is 0 Å². The van der Waals surface area contributed by atoms with Crippen LogP contribution in [-0.2, 0) is 9.53 Å². The molecule has 0 bridgehead atoms. The maximum Gasteiger partial charge on any atom is 0.338 e. The molecule has 3 aromatic rings. The number of nitro groups is 1. The topological polar surface area (TPSA) is 123 Å². The van der Waals surface area contributed by atoms with Crippen molar-refractivity contribution in [2.75, 3.05) is 24.3 Å². The molecule has 3 rings (SSSR count). The lowest BCUT2D eigenvalue weighted by atomic mass is 10.1. The second kappa shape index (κ2) is 7.96. The molecule has 0 aliphatic rings. The van der Waals surface area contributed by atoms with Gasteiger partial charge in [0.15, 0.2) is 11.7 Å². The summed E-state index contributed by atoms with van der Waals surface area (Å²) in [5.41, 5.74) is 0.416. The van der Waals surface area contributed by atoms with E-state index in [1.54, 1.807) is 0 Å². The predicted octanol–water partition coefficient (Wildman–Crippen LogP) is 3.18. The first-order valence-electron chi connectivity index (χ1n) is 7.86.